The van der Waals surface area contributed by atoms with Crippen LogP contribution in [-0.4, -0.2) is 4.57 Å². The number of allylic oxidation sites excluding steroid dienone is 2. The molecule has 2 aliphatic carbocycles. The molecule has 1 heteroatoms. The van der Waals surface area contributed by atoms with E-state index in [1.54, 1.807) is 0 Å². The Hall–Kier alpha value is -2.28. The summed E-state index contributed by atoms with van der Waals surface area (Å²) < 4.78 is 2.43. The number of rotatable bonds is 1. The van der Waals surface area contributed by atoms with E-state index in [-0.39, 0.29) is 0 Å². The van der Waals surface area contributed by atoms with Gasteiger partial charge in [-0.05, 0) is 42.9 Å². The molecule has 0 radical (unpaired) electrons. The van der Waals surface area contributed by atoms with Gasteiger partial charge >= 0.3 is 0 Å². The molecule has 2 atom stereocenters. The lowest BCUT2D eigenvalue weighted by Gasteiger charge is -2.16. The molecule has 1 nitrogen and oxygen atoms in total. The van der Waals surface area contributed by atoms with Crippen LogP contribution >= 0.6 is 0 Å². The number of fused-ring (bicyclic) bond motifs is 3. The molecule has 0 amide bonds. The number of para-hydroxylation sites is 1. The first kappa shape index (κ1) is 17.5. The van der Waals surface area contributed by atoms with E-state index in [9.17, 15) is 0 Å². The number of benzene rings is 1. The predicted molar refractivity (Wildman–Crippen MR) is 111 cm³/mol. The van der Waals surface area contributed by atoms with Gasteiger partial charge < -0.3 is 4.57 Å². The Kier molecular flexibility index (Phi) is 5.43. The van der Waals surface area contributed by atoms with E-state index in [2.05, 4.69) is 85.2 Å². The zero-order valence-electron chi connectivity index (χ0n) is 15.9. The third kappa shape index (κ3) is 3.28. The predicted octanol–water partition coefficient (Wildman–Crippen LogP) is 5.17. The summed E-state index contributed by atoms with van der Waals surface area (Å²) in [5.41, 5.74) is 3.93. The Morgan fingerprint density at radius 2 is 1.48 bits per heavy atom. The summed E-state index contributed by atoms with van der Waals surface area (Å²) in [6.45, 7) is 8.63. The summed E-state index contributed by atoms with van der Waals surface area (Å²) in [6.07, 6.45) is 16.4. The Bertz CT molecular complexity index is 894. The molecular formula is C24H29N. The maximum absolute atomic E-state index is 2.46. The van der Waals surface area contributed by atoms with E-state index in [4.69, 9.17) is 0 Å². The van der Waals surface area contributed by atoms with Gasteiger partial charge in [0.05, 0.1) is 11.0 Å². The SMILES string of the molecule is CC.CC1C=c2c3c(n(-c4ccccc4)c2=CC1C)/C=C\CC/C=C\3. The van der Waals surface area contributed by atoms with E-state index in [1.807, 2.05) is 13.8 Å². The van der Waals surface area contributed by atoms with Crippen molar-refractivity contribution in [2.75, 3.05) is 0 Å². The maximum atomic E-state index is 2.46. The van der Waals surface area contributed by atoms with E-state index in [0.717, 1.165) is 12.8 Å². The highest BCUT2D eigenvalue weighted by Gasteiger charge is 2.19. The molecule has 0 saturated heterocycles. The monoisotopic (exact) mass is 331 g/mol. The zero-order valence-corrected chi connectivity index (χ0v) is 15.9. The van der Waals surface area contributed by atoms with E-state index >= 15 is 0 Å². The van der Waals surface area contributed by atoms with Crippen LogP contribution in [0.1, 0.15) is 51.8 Å². The van der Waals surface area contributed by atoms with Crippen LogP contribution in [0.2, 0.25) is 0 Å². The summed E-state index contributed by atoms with van der Waals surface area (Å²) in [6, 6.07) is 10.7. The van der Waals surface area contributed by atoms with Crippen LogP contribution in [0.4, 0.5) is 0 Å². The van der Waals surface area contributed by atoms with Crippen LogP contribution in [0.3, 0.4) is 0 Å². The standard InChI is InChI=1S/C22H23N.C2H6/c1-16-14-20-19-12-8-3-4-9-13-21(19)23(22(20)15-17(16)2)18-10-6-5-7-11-18;1-2/h5-17H,3-4H2,1-2H3;1-2H3/b12-8-,13-9-;. The minimum atomic E-state index is 0.568. The number of hydrogen-bond acceptors (Lipinski definition) is 0. The second-order valence-corrected chi connectivity index (χ2v) is 6.70. The molecule has 130 valence electrons. The van der Waals surface area contributed by atoms with Crippen molar-refractivity contribution >= 4 is 24.3 Å². The van der Waals surface area contributed by atoms with Crippen molar-refractivity contribution in [3.8, 4) is 5.69 Å². The molecule has 25 heavy (non-hydrogen) atoms. The molecular weight excluding hydrogens is 302 g/mol. The van der Waals surface area contributed by atoms with Gasteiger partial charge in [0, 0.05) is 16.5 Å². The maximum Gasteiger partial charge on any atom is 0.0537 e. The van der Waals surface area contributed by atoms with Crippen molar-refractivity contribution in [3.05, 3.63) is 64.3 Å². The first-order valence-corrected chi connectivity index (χ1v) is 9.62. The van der Waals surface area contributed by atoms with E-state index < -0.39 is 0 Å². The first-order chi connectivity index (χ1) is 12.3. The zero-order chi connectivity index (χ0) is 17.8. The molecule has 0 fully saturated rings. The minimum Gasteiger partial charge on any atom is -0.310 e. The van der Waals surface area contributed by atoms with Crippen molar-refractivity contribution in [2.24, 2.45) is 11.8 Å². The van der Waals surface area contributed by atoms with Gasteiger partial charge in [0.25, 0.3) is 0 Å². The van der Waals surface area contributed by atoms with Crippen LogP contribution < -0.4 is 10.6 Å². The largest absolute Gasteiger partial charge is 0.310 e. The lowest BCUT2D eigenvalue weighted by molar-refractivity contribution is 0.605. The Morgan fingerprint density at radius 1 is 0.840 bits per heavy atom. The fourth-order valence-electron chi connectivity index (χ4n) is 3.58. The van der Waals surface area contributed by atoms with E-state index in [0.29, 0.717) is 11.8 Å². The molecule has 2 unspecified atom stereocenters. The van der Waals surface area contributed by atoms with Gasteiger partial charge in [-0.2, -0.15) is 0 Å². The van der Waals surface area contributed by atoms with Gasteiger partial charge in [-0.15, -0.1) is 0 Å². The molecule has 1 heterocycles. The Balaban J connectivity index is 0.000000880. The molecule has 0 saturated carbocycles. The van der Waals surface area contributed by atoms with Crippen molar-refractivity contribution in [1.82, 2.24) is 4.57 Å². The number of nitrogens with zero attached hydrogens (tertiary/aromatic N) is 1. The highest BCUT2D eigenvalue weighted by atomic mass is 15.0. The quantitative estimate of drug-likeness (QED) is 0.679. The second-order valence-electron chi connectivity index (χ2n) is 6.70. The molecule has 4 rings (SSSR count). The fraction of sp³-hybridized carbons (Fsp3) is 0.333. The summed E-state index contributed by atoms with van der Waals surface area (Å²) in [7, 11) is 0. The molecule has 1 aromatic carbocycles. The van der Waals surface area contributed by atoms with Crippen LogP contribution in [0.15, 0.2) is 42.5 Å². The van der Waals surface area contributed by atoms with Crippen LogP contribution in [-0.2, 0) is 0 Å². The average molecular weight is 332 g/mol. The van der Waals surface area contributed by atoms with Crippen molar-refractivity contribution < 1.29 is 0 Å². The van der Waals surface area contributed by atoms with Gasteiger partial charge in [-0.3, -0.25) is 0 Å². The van der Waals surface area contributed by atoms with Gasteiger partial charge in [0.1, 0.15) is 0 Å². The van der Waals surface area contributed by atoms with E-state index in [1.165, 1.54) is 27.5 Å². The molecule has 1 aromatic heterocycles. The Morgan fingerprint density at radius 3 is 2.20 bits per heavy atom. The molecule has 2 aliphatic rings. The topological polar surface area (TPSA) is 4.93 Å². The van der Waals surface area contributed by atoms with Crippen molar-refractivity contribution in [1.29, 1.82) is 0 Å². The first-order valence-electron chi connectivity index (χ1n) is 9.62. The number of aromatic nitrogens is 1. The summed E-state index contributed by atoms with van der Waals surface area (Å²) in [5.74, 6) is 1.15. The molecule has 2 aromatic rings. The number of hydrogen-bond donors (Lipinski definition) is 0. The highest BCUT2D eigenvalue weighted by Crippen LogP contribution is 2.22. The molecule has 0 bridgehead atoms. The second kappa shape index (κ2) is 7.74. The van der Waals surface area contributed by atoms with Crippen LogP contribution in [0, 0.1) is 11.8 Å². The van der Waals surface area contributed by atoms with Gasteiger partial charge in [-0.25, -0.2) is 0 Å². The van der Waals surface area contributed by atoms with Gasteiger partial charge in [0.2, 0.25) is 0 Å². The third-order valence-electron chi connectivity index (χ3n) is 5.08. The lowest BCUT2D eigenvalue weighted by atomic mass is 9.90. The normalized spacial score (nSPS) is 23.4. The lowest BCUT2D eigenvalue weighted by Crippen LogP contribution is -2.35. The van der Waals surface area contributed by atoms with Crippen molar-refractivity contribution in [2.45, 2.75) is 40.5 Å². The molecule has 0 N–H and O–H groups in total. The van der Waals surface area contributed by atoms with Gasteiger partial charge in [0.15, 0.2) is 0 Å². The average Bonchev–Trinajstić information content (AvgIpc) is 2.89. The molecule has 0 aliphatic heterocycles. The summed E-state index contributed by atoms with van der Waals surface area (Å²) in [4.78, 5) is 0. The fourth-order valence-corrected chi connectivity index (χ4v) is 3.58. The van der Waals surface area contributed by atoms with Gasteiger partial charge in [-0.1, -0.05) is 76.3 Å². The molecule has 0 spiro atoms. The van der Waals surface area contributed by atoms with Crippen LogP contribution in [0.5, 0.6) is 0 Å². The van der Waals surface area contributed by atoms with Crippen LogP contribution in [0.25, 0.3) is 30.0 Å². The third-order valence-corrected chi connectivity index (χ3v) is 5.08. The highest BCUT2D eigenvalue weighted by molar-refractivity contribution is 5.69. The summed E-state index contributed by atoms with van der Waals surface area (Å²) >= 11 is 0. The summed E-state index contributed by atoms with van der Waals surface area (Å²) in [5, 5.41) is 2.75. The smallest absolute Gasteiger partial charge is 0.0537 e. The minimum absolute atomic E-state index is 0.568. The Labute approximate surface area is 151 Å². The van der Waals surface area contributed by atoms with Crippen molar-refractivity contribution in [3.63, 3.8) is 0 Å².